The molecule has 202 valence electrons. The van der Waals surface area contributed by atoms with Gasteiger partial charge in [0.05, 0.1) is 28.4 Å². The quantitative estimate of drug-likeness (QED) is 0.236. The second kappa shape index (κ2) is 11.2. The summed E-state index contributed by atoms with van der Waals surface area (Å²) in [5.74, 6) is -0.0480. The van der Waals surface area contributed by atoms with E-state index in [1.807, 2.05) is 54.6 Å². The Kier molecular flexibility index (Phi) is 7.16. The highest BCUT2D eigenvalue weighted by Gasteiger charge is 2.18. The lowest BCUT2D eigenvalue weighted by atomic mass is 10.1. The number of benzene rings is 3. The Hall–Kier alpha value is -4.69. The fraction of sp³-hybridized carbons (Fsp3) is 0.188. The molecule has 3 N–H and O–H groups in total. The van der Waals surface area contributed by atoms with E-state index in [1.165, 1.54) is 12.3 Å². The Morgan fingerprint density at radius 2 is 1.77 bits per heavy atom. The van der Waals surface area contributed by atoms with Crippen LogP contribution in [-0.2, 0) is 6.61 Å². The van der Waals surface area contributed by atoms with Crippen LogP contribution in [0.15, 0.2) is 95.9 Å². The van der Waals surface area contributed by atoms with E-state index in [0.29, 0.717) is 40.2 Å². The lowest BCUT2D eigenvalue weighted by molar-refractivity contribution is 0.145. The zero-order chi connectivity index (χ0) is 27.5. The molecule has 0 radical (unpaired) electrons. The number of anilines is 3. The topological polar surface area (TPSA) is 90.5 Å². The third-order valence-electron chi connectivity index (χ3n) is 7.17. The minimum atomic E-state index is -0.468. The molecule has 0 bridgehead atoms. The number of rotatable bonds is 7. The molecule has 0 spiro atoms. The SMILES string of the molecule is O=c1[nH]ccc2nc(-c3ccc(OCc4ccccc4)cc3F)cc(Nc3ccc(N4CCC(O)CC4)cc3)c12. The Labute approximate surface area is 230 Å². The van der Waals surface area contributed by atoms with Crippen molar-refractivity contribution in [3.8, 4) is 17.0 Å². The molecule has 0 amide bonds. The molecule has 2 aromatic heterocycles. The van der Waals surface area contributed by atoms with E-state index in [2.05, 4.69) is 20.2 Å². The van der Waals surface area contributed by atoms with E-state index in [0.717, 1.165) is 42.9 Å². The Morgan fingerprint density at radius 3 is 2.52 bits per heavy atom. The second-order valence-electron chi connectivity index (χ2n) is 9.93. The highest BCUT2D eigenvalue weighted by Crippen LogP contribution is 2.32. The molecule has 1 aliphatic heterocycles. The molecule has 40 heavy (non-hydrogen) atoms. The molecule has 0 saturated carbocycles. The van der Waals surface area contributed by atoms with Crippen molar-refractivity contribution in [2.45, 2.75) is 25.6 Å². The first kappa shape index (κ1) is 25.6. The van der Waals surface area contributed by atoms with Crippen LogP contribution >= 0.6 is 0 Å². The predicted molar refractivity (Wildman–Crippen MR) is 156 cm³/mol. The maximum atomic E-state index is 15.3. The molecule has 0 aliphatic carbocycles. The van der Waals surface area contributed by atoms with Gasteiger partial charge in [-0.25, -0.2) is 9.37 Å². The summed E-state index contributed by atoms with van der Waals surface area (Å²) in [6.45, 7) is 1.95. The van der Waals surface area contributed by atoms with E-state index in [9.17, 15) is 9.90 Å². The lowest BCUT2D eigenvalue weighted by Gasteiger charge is -2.31. The van der Waals surface area contributed by atoms with Gasteiger partial charge in [0.15, 0.2) is 0 Å². The van der Waals surface area contributed by atoms with Crippen LogP contribution in [0.3, 0.4) is 0 Å². The summed E-state index contributed by atoms with van der Waals surface area (Å²) in [4.78, 5) is 22.3. The molecule has 7 nitrogen and oxygen atoms in total. The first-order valence-electron chi connectivity index (χ1n) is 13.3. The smallest absolute Gasteiger partial charge is 0.259 e. The Bertz CT molecular complexity index is 1680. The van der Waals surface area contributed by atoms with Crippen molar-refractivity contribution in [2.24, 2.45) is 0 Å². The maximum Gasteiger partial charge on any atom is 0.259 e. The fourth-order valence-electron chi connectivity index (χ4n) is 5.00. The standard InChI is InChI=1S/C32H29FN4O3/c33-27-18-25(40-20-21-4-2-1-3-5-21)10-11-26(27)29-19-30(31-28(36-29)12-15-34-32(31)39)35-22-6-8-23(9-7-22)37-16-13-24(38)14-17-37/h1-12,15,18-19,24,38H,13-14,16-17,20H2,(H,34,39)(H,35,36). The number of hydrogen-bond donors (Lipinski definition) is 3. The number of fused-ring (bicyclic) bond motifs is 1. The van der Waals surface area contributed by atoms with Crippen LogP contribution < -0.4 is 20.5 Å². The number of H-pyrrole nitrogens is 1. The number of aliphatic hydroxyl groups excluding tert-OH is 1. The van der Waals surface area contributed by atoms with Gasteiger partial charge in [-0.15, -0.1) is 0 Å². The molecule has 0 unspecified atom stereocenters. The zero-order valence-corrected chi connectivity index (χ0v) is 21.8. The van der Waals surface area contributed by atoms with Gasteiger partial charge in [0.2, 0.25) is 0 Å². The highest BCUT2D eigenvalue weighted by atomic mass is 19.1. The first-order valence-corrected chi connectivity index (χ1v) is 13.3. The van der Waals surface area contributed by atoms with Gasteiger partial charge in [-0.05, 0) is 66.9 Å². The summed E-state index contributed by atoms with van der Waals surface area (Å²) in [6.07, 6.45) is 2.82. The van der Waals surface area contributed by atoms with Crippen molar-refractivity contribution in [3.05, 3.63) is 113 Å². The van der Waals surface area contributed by atoms with Gasteiger partial charge >= 0.3 is 0 Å². The van der Waals surface area contributed by atoms with Gasteiger partial charge in [0.1, 0.15) is 18.2 Å². The van der Waals surface area contributed by atoms with E-state index in [4.69, 9.17) is 4.74 Å². The summed E-state index contributed by atoms with van der Waals surface area (Å²) in [7, 11) is 0. The third kappa shape index (κ3) is 5.53. The number of aromatic nitrogens is 2. The van der Waals surface area contributed by atoms with Gasteiger partial charge in [0.25, 0.3) is 5.56 Å². The fourth-order valence-corrected chi connectivity index (χ4v) is 5.00. The summed E-state index contributed by atoms with van der Waals surface area (Å²) >= 11 is 0. The molecule has 0 atom stereocenters. The number of aliphatic hydroxyl groups is 1. The van der Waals surface area contributed by atoms with Gasteiger partial charge in [0, 0.05) is 42.3 Å². The zero-order valence-electron chi connectivity index (χ0n) is 21.8. The minimum Gasteiger partial charge on any atom is -0.489 e. The number of nitrogens with zero attached hydrogens (tertiary/aromatic N) is 2. The largest absolute Gasteiger partial charge is 0.489 e. The van der Waals surface area contributed by atoms with Gasteiger partial charge in [-0.3, -0.25) is 4.79 Å². The Morgan fingerprint density at radius 1 is 1.00 bits per heavy atom. The lowest BCUT2D eigenvalue weighted by Crippen LogP contribution is -2.35. The van der Waals surface area contributed by atoms with Crippen molar-refractivity contribution < 1.29 is 14.2 Å². The molecule has 1 fully saturated rings. The molecule has 5 aromatic rings. The highest BCUT2D eigenvalue weighted by molar-refractivity contribution is 5.94. The van der Waals surface area contributed by atoms with Crippen molar-refractivity contribution in [1.82, 2.24) is 9.97 Å². The molecule has 1 saturated heterocycles. The average molecular weight is 537 g/mol. The van der Waals surface area contributed by atoms with Crippen LogP contribution in [0.4, 0.5) is 21.5 Å². The summed E-state index contributed by atoms with van der Waals surface area (Å²) in [5, 5.41) is 13.5. The molecule has 3 aromatic carbocycles. The number of hydrogen-bond acceptors (Lipinski definition) is 6. The predicted octanol–water partition coefficient (Wildman–Crippen LogP) is 6.01. The Balaban J connectivity index is 1.28. The monoisotopic (exact) mass is 536 g/mol. The van der Waals surface area contributed by atoms with Crippen LogP contribution in [0.1, 0.15) is 18.4 Å². The first-order chi connectivity index (χ1) is 19.5. The van der Waals surface area contributed by atoms with E-state index >= 15 is 4.39 Å². The normalized spacial score (nSPS) is 13.9. The van der Waals surface area contributed by atoms with Gasteiger partial charge in [-0.1, -0.05) is 30.3 Å². The maximum absolute atomic E-state index is 15.3. The van der Waals surface area contributed by atoms with Crippen molar-refractivity contribution in [1.29, 1.82) is 0 Å². The number of ether oxygens (including phenoxy) is 1. The molecule has 3 heterocycles. The number of piperidine rings is 1. The van der Waals surface area contributed by atoms with E-state index in [1.54, 1.807) is 24.3 Å². The molecule has 6 rings (SSSR count). The van der Waals surface area contributed by atoms with Gasteiger partial charge in [-0.2, -0.15) is 0 Å². The van der Waals surface area contributed by atoms with Crippen LogP contribution in [-0.4, -0.2) is 34.3 Å². The van der Waals surface area contributed by atoms with Crippen LogP contribution in [0, 0.1) is 5.82 Å². The number of aromatic amines is 1. The van der Waals surface area contributed by atoms with Gasteiger partial charge < -0.3 is 25.0 Å². The summed E-state index contributed by atoms with van der Waals surface area (Å²) in [5.41, 5.74) is 4.26. The second-order valence-corrected chi connectivity index (χ2v) is 9.93. The van der Waals surface area contributed by atoms with Crippen LogP contribution in [0.2, 0.25) is 0 Å². The molecular formula is C32H29FN4O3. The van der Waals surface area contributed by atoms with Crippen molar-refractivity contribution in [2.75, 3.05) is 23.3 Å². The van der Waals surface area contributed by atoms with Crippen molar-refractivity contribution >= 4 is 28.0 Å². The minimum absolute atomic E-state index is 0.229. The van der Waals surface area contributed by atoms with Crippen LogP contribution in [0.5, 0.6) is 5.75 Å². The van der Waals surface area contributed by atoms with Crippen molar-refractivity contribution in [3.63, 3.8) is 0 Å². The van der Waals surface area contributed by atoms with Crippen LogP contribution in [0.25, 0.3) is 22.2 Å². The molecule has 1 aliphatic rings. The van der Waals surface area contributed by atoms with E-state index < -0.39 is 5.82 Å². The third-order valence-corrected chi connectivity index (χ3v) is 7.17. The molecule has 8 heteroatoms. The summed E-state index contributed by atoms with van der Waals surface area (Å²) < 4.78 is 21.1. The average Bonchev–Trinajstić information content (AvgIpc) is 2.97. The number of nitrogens with one attached hydrogen (secondary N) is 2. The number of pyridine rings is 2. The number of halogens is 1. The van der Waals surface area contributed by atoms with E-state index in [-0.39, 0.29) is 11.7 Å². The molecular weight excluding hydrogens is 507 g/mol. The summed E-state index contributed by atoms with van der Waals surface area (Å²) in [6, 6.07) is 25.7.